The minimum Gasteiger partial charge on any atom is -0.261 e. The average molecular weight is 301 g/mol. The second-order valence-electron chi connectivity index (χ2n) is 5.27. The highest BCUT2D eigenvalue weighted by Gasteiger charge is 2.10. The molecule has 1 aromatic carbocycles. The second kappa shape index (κ2) is 5.61. The predicted molar refractivity (Wildman–Crippen MR) is 89.3 cm³/mol. The van der Waals surface area contributed by atoms with E-state index >= 15 is 0 Å². The highest BCUT2D eigenvalue weighted by molar-refractivity contribution is 5.91. The van der Waals surface area contributed by atoms with Crippen molar-refractivity contribution in [1.82, 2.24) is 24.7 Å². The number of benzene rings is 1. The van der Waals surface area contributed by atoms with Crippen molar-refractivity contribution in [1.29, 1.82) is 0 Å². The van der Waals surface area contributed by atoms with Gasteiger partial charge in [0.25, 0.3) is 0 Å². The lowest BCUT2D eigenvalue weighted by molar-refractivity contribution is 0.853. The van der Waals surface area contributed by atoms with Crippen LogP contribution in [-0.4, -0.2) is 24.7 Å². The van der Waals surface area contributed by atoms with Crippen LogP contribution in [0.4, 0.5) is 0 Å². The van der Waals surface area contributed by atoms with Gasteiger partial charge in [-0.1, -0.05) is 31.2 Å². The van der Waals surface area contributed by atoms with Gasteiger partial charge in [0.2, 0.25) is 0 Å². The van der Waals surface area contributed by atoms with Crippen molar-refractivity contribution in [2.24, 2.45) is 0 Å². The van der Waals surface area contributed by atoms with Gasteiger partial charge in [0.15, 0.2) is 5.82 Å². The van der Waals surface area contributed by atoms with Crippen molar-refractivity contribution in [3.63, 3.8) is 0 Å². The third kappa shape index (κ3) is 2.36. The molecule has 3 aromatic heterocycles. The molecule has 0 N–H and O–H groups in total. The van der Waals surface area contributed by atoms with Crippen LogP contribution in [0.25, 0.3) is 27.8 Å². The number of rotatable bonds is 3. The number of hydrogen-bond acceptors (Lipinski definition) is 4. The molecule has 0 aliphatic rings. The van der Waals surface area contributed by atoms with Gasteiger partial charge in [-0.25, -0.2) is 9.67 Å². The second-order valence-corrected chi connectivity index (χ2v) is 5.27. The number of aryl methyl sites for hydroxylation is 1. The zero-order valence-electron chi connectivity index (χ0n) is 12.7. The van der Waals surface area contributed by atoms with Gasteiger partial charge < -0.3 is 0 Å². The summed E-state index contributed by atoms with van der Waals surface area (Å²) in [6.07, 6.45) is 11.7. The molecule has 0 saturated carbocycles. The standard InChI is InChI=1S/C18H15N5/c1-2-13-9-21-18(16-6-4-3-5-15(13)16)23-12-14(10-22-23)17-11-19-7-8-20-17/h3-12H,2H2,1H3. The van der Waals surface area contributed by atoms with Crippen LogP contribution in [-0.2, 0) is 6.42 Å². The van der Waals surface area contributed by atoms with Crippen LogP contribution in [0.5, 0.6) is 0 Å². The summed E-state index contributed by atoms with van der Waals surface area (Å²) < 4.78 is 1.80. The van der Waals surface area contributed by atoms with Crippen LogP contribution in [0.2, 0.25) is 0 Å². The first-order valence-corrected chi connectivity index (χ1v) is 7.55. The highest BCUT2D eigenvalue weighted by Crippen LogP contribution is 2.25. The van der Waals surface area contributed by atoms with E-state index < -0.39 is 0 Å². The van der Waals surface area contributed by atoms with E-state index in [-0.39, 0.29) is 0 Å². The van der Waals surface area contributed by atoms with Crippen LogP contribution in [0.15, 0.2) is 61.4 Å². The summed E-state index contributed by atoms with van der Waals surface area (Å²) in [5.74, 6) is 0.827. The zero-order chi connectivity index (χ0) is 15.6. The molecular formula is C18H15N5. The molecule has 0 unspecified atom stereocenters. The Bertz CT molecular complexity index is 959. The smallest absolute Gasteiger partial charge is 0.161 e. The summed E-state index contributed by atoms with van der Waals surface area (Å²) in [6, 6.07) is 8.30. The third-order valence-corrected chi connectivity index (χ3v) is 3.90. The summed E-state index contributed by atoms with van der Waals surface area (Å²) in [4.78, 5) is 13.0. The first kappa shape index (κ1) is 13.6. The van der Waals surface area contributed by atoms with E-state index in [1.54, 1.807) is 29.5 Å². The Morgan fingerprint density at radius 1 is 0.957 bits per heavy atom. The predicted octanol–water partition coefficient (Wildman–Crippen LogP) is 3.44. The number of fused-ring (bicyclic) bond motifs is 1. The monoisotopic (exact) mass is 301 g/mol. The summed E-state index contributed by atoms with van der Waals surface area (Å²) in [5.41, 5.74) is 2.96. The molecular weight excluding hydrogens is 286 g/mol. The Morgan fingerprint density at radius 2 is 1.83 bits per heavy atom. The van der Waals surface area contributed by atoms with Gasteiger partial charge in [-0.15, -0.1) is 0 Å². The first-order valence-electron chi connectivity index (χ1n) is 7.55. The molecule has 0 amide bonds. The SMILES string of the molecule is CCc1cnc(-n2cc(-c3cnccn3)cn2)c2ccccc12. The van der Waals surface area contributed by atoms with E-state index in [2.05, 4.69) is 45.2 Å². The van der Waals surface area contributed by atoms with Crippen molar-refractivity contribution in [3.05, 3.63) is 67.0 Å². The largest absolute Gasteiger partial charge is 0.261 e. The van der Waals surface area contributed by atoms with E-state index in [0.717, 1.165) is 28.9 Å². The topological polar surface area (TPSA) is 56.5 Å². The fraction of sp³-hybridized carbons (Fsp3) is 0.111. The normalized spacial score (nSPS) is 11.0. The molecule has 0 radical (unpaired) electrons. The van der Waals surface area contributed by atoms with Crippen LogP contribution < -0.4 is 0 Å². The lowest BCUT2D eigenvalue weighted by atomic mass is 10.1. The molecule has 0 atom stereocenters. The summed E-state index contributed by atoms with van der Waals surface area (Å²) in [6.45, 7) is 2.14. The van der Waals surface area contributed by atoms with E-state index in [9.17, 15) is 0 Å². The average Bonchev–Trinajstić information content (AvgIpc) is 3.11. The minimum absolute atomic E-state index is 0.799. The van der Waals surface area contributed by atoms with E-state index in [1.165, 1.54) is 10.9 Å². The van der Waals surface area contributed by atoms with Gasteiger partial charge in [0.05, 0.1) is 18.1 Å². The zero-order valence-corrected chi connectivity index (χ0v) is 12.7. The van der Waals surface area contributed by atoms with Crippen molar-refractivity contribution in [2.75, 3.05) is 0 Å². The van der Waals surface area contributed by atoms with Crippen LogP contribution in [0.3, 0.4) is 0 Å². The lowest BCUT2D eigenvalue weighted by Crippen LogP contribution is -2.00. The fourth-order valence-electron chi connectivity index (χ4n) is 2.72. The fourth-order valence-corrected chi connectivity index (χ4v) is 2.72. The molecule has 5 nitrogen and oxygen atoms in total. The molecule has 0 bridgehead atoms. The Balaban J connectivity index is 1.86. The molecule has 0 aliphatic carbocycles. The molecule has 0 aliphatic heterocycles. The van der Waals surface area contributed by atoms with Gasteiger partial charge in [-0.2, -0.15) is 5.10 Å². The maximum Gasteiger partial charge on any atom is 0.161 e. The van der Waals surface area contributed by atoms with Crippen LogP contribution in [0, 0.1) is 0 Å². The number of pyridine rings is 1. The Labute approximate surface area is 133 Å². The Kier molecular flexibility index (Phi) is 3.31. The van der Waals surface area contributed by atoms with Gasteiger partial charge in [0.1, 0.15) is 0 Å². The lowest BCUT2D eigenvalue weighted by Gasteiger charge is -2.09. The van der Waals surface area contributed by atoms with Gasteiger partial charge in [-0.05, 0) is 17.4 Å². The van der Waals surface area contributed by atoms with E-state index in [0.29, 0.717) is 0 Å². The highest BCUT2D eigenvalue weighted by atomic mass is 15.3. The summed E-state index contributed by atoms with van der Waals surface area (Å²) in [5, 5.41) is 6.77. The molecule has 3 heterocycles. The molecule has 4 aromatic rings. The molecule has 0 fully saturated rings. The number of aromatic nitrogens is 5. The first-order chi connectivity index (χ1) is 11.4. The molecule has 0 saturated heterocycles. The molecule has 112 valence electrons. The Morgan fingerprint density at radius 3 is 2.61 bits per heavy atom. The maximum atomic E-state index is 4.62. The van der Waals surface area contributed by atoms with E-state index in [1.807, 2.05) is 18.5 Å². The molecule has 4 rings (SSSR count). The number of hydrogen-bond donors (Lipinski definition) is 0. The third-order valence-electron chi connectivity index (χ3n) is 3.90. The minimum atomic E-state index is 0.799. The Hall–Kier alpha value is -3.08. The van der Waals surface area contributed by atoms with Crippen molar-refractivity contribution in [3.8, 4) is 17.1 Å². The van der Waals surface area contributed by atoms with Crippen molar-refractivity contribution < 1.29 is 0 Å². The molecule has 23 heavy (non-hydrogen) atoms. The van der Waals surface area contributed by atoms with Gasteiger partial charge in [0, 0.05) is 35.7 Å². The van der Waals surface area contributed by atoms with Crippen molar-refractivity contribution >= 4 is 10.8 Å². The van der Waals surface area contributed by atoms with Crippen LogP contribution >= 0.6 is 0 Å². The quantitative estimate of drug-likeness (QED) is 0.581. The number of nitrogens with zero attached hydrogens (tertiary/aromatic N) is 5. The van der Waals surface area contributed by atoms with Gasteiger partial charge >= 0.3 is 0 Å². The summed E-state index contributed by atoms with van der Waals surface area (Å²) >= 11 is 0. The molecule has 0 spiro atoms. The maximum absolute atomic E-state index is 4.62. The summed E-state index contributed by atoms with van der Waals surface area (Å²) in [7, 11) is 0. The van der Waals surface area contributed by atoms with Gasteiger partial charge in [-0.3, -0.25) is 9.97 Å². The molecule has 5 heteroatoms. The van der Waals surface area contributed by atoms with Crippen LogP contribution in [0.1, 0.15) is 12.5 Å². The van der Waals surface area contributed by atoms with Crippen molar-refractivity contribution in [2.45, 2.75) is 13.3 Å². The van der Waals surface area contributed by atoms with E-state index in [4.69, 9.17) is 0 Å².